The number of hydrogen-bond donors (Lipinski definition) is 1. The molecule has 0 bridgehead atoms. The molecule has 0 saturated heterocycles. The first-order valence-corrected chi connectivity index (χ1v) is 13.9. The van der Waals surface area contributed by atoms with Gasteiger partial charge in [0.1, 0.15) is 11.8 Å². The molecule has 3 rings (SSSR count). The fourth-order valence-electron chi connectivity index (χ4n) is 4.38. The molecule has 6 heteroatoms. The van der Waals surface area contributed by atoms with Crippen LogP contribution >= 0.6 is 11.8 Å². The van der Waals surface area contributed by atoms with Gasteiger partial charge in [-0.3, -0.25) is 9.59 Å². The average Bonchev–Trinajstić information content (AvgIpc) is 2.89. The van der Waals surface area contributed by atoms with E-state index in [4.69, 9.17) is 4.74 Å². The molecule has 0 aromatic heterocycles. The fraction of sp³-hybridized carbons (Fsp3) is 0.355. The van der Waals surface area contributed by atoms with Crippen LogP contribution in [0.1, 0.15) is 41.2 Å². The van der Waals surface area contributed by atoms with E-state index in [1.54, 1.807) is 23.8 Å². The third-order valence-electron chi connectivity index (χ3n) is 6.08. The summed E-state index contributed by atoms with van der Waals surface area (Å²) in [4.78, 5) is 28.9. The van der Waals surface area contributed by atoms with Gasteiger partial charge in [0.2, 0.25) is 11.8 Å². The van der Waals surface area contributed by atoms with Gasteiger partial charge in [-0.05, 0) is 49.1 Å². The van der Waals surface area contributed by atoms with E-state index in [0.29, 0.717) is 25.3 Å². The highest BCUT2D eigenvalue weighted by Gasteiger charge is 2.30. The summed E-state index contributed by atoms with van der Waals surface area (Å²) in [6.07, 6.45) is 1.28. The Morgan fingerprint density at radius 3 is 2.30 bits per heavy atom. The number of methoxy groups -OCH3 is 1. The third kappa shape index (κ3) is 8.97. The molecule has 0 saturated carbocycles. The van der Waals surface area contributed by atoms with Crippen molar-refractivity contribution in [2.75, 3.05) is 19.4 Å². The van der Waals surface area contributed by atoms with E-state index >= 15 is 0 Å². The Morgan fingerprint density at radius 1 is 0.919 bits per heavy atom. The smallest absolute Gasteiger partial charge is 0.243 e. The normalized spacial score (nSPS) is 11.6. The molecule has 1 N–H and O–H groups in total. The Balaban J connectivity index is 1.85. The Bertz CT molecular complexity index is 1150. The van der Waals surface area contributed by atoms with Crippen molar-refractivity contribution in [2.24, 2.45) is 0 Å². The number of hydrogen-bond acceptors (Lipinski definition) is 4. The minimum absolute atomic E-state index is 0.0511. The quantitative estimate of drug-likeness (QED) is 0.315. The Labute approximate surface area is 225 Å². The number of carbonyl (C=O) groups excluding carboxylic acids is 2. The molecular weight excluding hydrogens is 480 g/mol. The van der Waals surface area contributed by atoms with Gasteiger partial charge in [0, 0.05) is 25.3 Å². The fourth-order valence-corrected chi connectivity index (χ4v) is 5.22. The van der Waals surface area contributed by atoms with Crippen LogP contribution in [-0.4, -0.2) is 42.2 Å². The first kappa shape index (κ1) is 28.3. The number of carbonyl (C=O) groups is 2. The molecule has 2 amide bonds. The number of rotatable bonds is 13. The minimum atomic E-state index is -0.616. The van der Waals surface area contributed by atoms with E-state index in [9.17, 15) is 9.59 Å². The number of amides is 2. The van der Waals surface area contributed by atoms with Crippen molar-refractivity contribution in [1.82, 2.24) is 10.2 Å². The lowest BCUT2D eigenvalue weighted by atomic mass is 10.0. The topological polar surface area (TPSA) is 58.6 Å². The third-order valence-corrected chi connectivity index (χ3v) is 7.07. The zero-order valence-corrected chi connectivity index (χ0v) is 23.1. The van der Waals surface area contributed by atoms with Gasteiger partial charge >= 0.3 is 0 Å². The average molecular weight is 519 g/mol. The highest BCUT2D eigenvalue weighted by molar-refractivity contribution is 7.99. The van der Waals surface area contributed by atoms with Crippen molar-refractivity contribution < 1.29 is 14.3 Å². The number of nitrogens with zero attached hydrogens (tertiary/aromatic N) is 1. The summed E-state index contributed by atoms with van der Waals surface area (Å²) in [5.74, 6) is 1.59. The van der Waals surface area contributed by atoms with Gasteiger partial charge in [0.05, 0.1) is 12.9 Å². The van der Waals surface area contributed by atoms with Crippen LogP contribution in [0.25, 0.3) is 0 Å². The van der Waals surface area contributed by atoms with E-state index in [1.807, 2.05) is 61.5 Å². The molecule has 0 aliphatic rings. The standard InChI is InChI=1S/C31H38N2O3S/c1-5-14-32-31(35)29(19-25-10-7-6-8-11-25)33(20-26-12-9-13-28(18-26)36-4)30(34)22-37-21-27-16-23(2)15-24(3)17-27/h6-13,15-18,29H,5,14,19-22H2,1-4H3,(H,32,35)/t29-/m1/s1. The lowest BCUT2D eigenvalue weighted by Gasteiger charge is -2.31. The van der Waals surface area contributed by atoms with Crippen LogP contribution in [0, 0.1) is 13.8 Å². The van der Waals surface area contributed by atoms with Crippen LogP contribution in [0.3, 0.4) is 0 Å². The van der Waals surface area contributed by atoms with Crippen molar-refractivity contribution in [3.63, 3.8) is 0 Å². The molecule has 0 heterocycles. The van der Waals surface area contributed by atoms with Crippen LogP contribution in [0.5, 0.6) is 5.75 Å². The predicted octanol–water partition coefficient (Wildman–Crippen LogP) is 5.71. The molecule has 5 nitrogen and oxygen atoms in total. The SMILES string of the molecule is CCCNC(=O)[C@@H](Cc1ccccc1)N(Cc1cccc(OC)c1)C(=O)CSCc1cc(C)cc(C)c1. The van der Waals surface area contributed by atoms with Crippen molar-refractivity contribution >= 4 is 23.6 Å². The number of benzene rings is 3. The summed E-state index contributed by atoms with van der Waals surface area (Å²) in [6, 6.07) is 23.4. The highest BCUT2D eigenvalue weighted by Crippen LogP contribution is 2.21. The molecule has 0 spiro atoms. The summed E-state index contributed by atoms with van der Waals surface area (Å²) in [7, 11) is 1.63. The van der Waals surface area contributed by atoms with E-state index in [1.165, 1.54) is 16.7 Å². The van der Waals surface area contributed by atoms with Gasteiger partial charge in [-0.25, -0.2) is 0 Å². The molecule has 3 aromatic carbocycles. The zero-order valence-electron chi connectivity index (χ0n) is 22.3. The zero-order chi connectivity index (χ0) is 26.6. The highest BCUT2D eigenvalue weighted by atomic mass is 32.2. The maximum atomic E-state index is 13.7. The predicted molar refractivity (Wildman–Crippen MR) is 153 cm³/mol. The van der Waals surface area contributed by atoms with Crippen LogP contribution in [0.15, 0.2) is 72.8 Å². The maximum Gasteiger partial charge on any atom is 0.243 e. The largest absolute Gasteiger partial charge is 0.497 e. The maximum absolute atomic E-state index is 13.7. The second kappa shape index (κ2) is 14.5. The number of thioether (sulfide) groups is 1. The Morgan fingerprint density at radius 2 is 1.62 bits per heavy atom. The van der Waals surface area contributed by atoms with E-state index in [-0.39, 0.29) is 11.8 Å². The molecule has 0 radical (unpaired) electrons. The number of nitrogens with one attached hydrogen (secondary N) is 1. The van der Waals surface area contributed by atoms with Gasteiger partial charge in [-0.1, -0.05) is 78.7 Å². The molecular formula is C31H38N2O3S. The first-order chi connectivity index (χ1) is 17.9. The molecule has 0 unspecified atom stereocenters. The summed E-state index contributed by atoms with van der Waals surface area (Å²) < 4.78 is 5.40. The van der Waals surface area contributed by atoms with Crippen LogP contribution in [0.4, 0.5) is 0 Å². The van der Waals surface area contributed by atoms with E-state index in [0.717, 1.165) is 29.1 Å². The summed E-state index contributed by atoms with van der Waals surface area (Å²) in [6.45, 7) is 7.11. The molecule has 196 valence electrons. The van der Waals surface area contributed by atoms with E-state index < -0.39 is 6.04 Å². The van der Waals surface area contributed by atoms with Crippen molar-refractivity contribution in [3.8, 4) is 5.75 Å². The minimum Gasteiger partial charge on any atom is -0.497 e. The second-order valence-electron chi connectivity index (χ2n) is 9.36. The summed E-state index contributed by atoms with van der Waals surface area (Å²) in [5.41, 5.74) is 5.59. The van der Waals surface area contributed by atoms with Crippen LogP contribution < -0.4 is 10.1 Å². The van der Waals surface area contributed by atoms with Crippen LogP contribution in [-0.2, 0) is 28.3 Å². The lowest BCUT2D eigenvalue weighted by molar-refractivity contribution is -0.139. The monoisotopic (exact) mass is 518 g/mol. The first-order valence-electron chi connectivity index (χ1n) is 12.8. The summed E-state index contributed by atoms with van der Waals surface area (Å²) >= 11 is 1.58. The second-order valence-corrected chi connectivity index (χ2v) is 10.3. The Kier molecular flexibility index (Phi) is 11.1. The van der Waals surface area contributed by atoms with Gasteiger partial charge in [0.25, 0.3) is 0 Å². The molecule has 37 heavy (non-hydrogen) atoms. The molecule has 0 aliphatic heterocycles. The van der Waals surface area contributed by atoms with Crippen LogP contribution in [0.2, 0.25) is 0 Å². The van der Waals surface area contributed by atoms with Gasteiger partial charge < -0.3 is 15.0 Å². The molecule has 3 aromatic rings. The number of aryl methyl sites for hydroxylation is 2. The molecule has 0 fully saturated rings. The van der Waals surface area contributed by atoms with Gasteiger partial charge in [-0.2, -0.15) is 0 Å². The lowest BCUT2D eigenvalue weighted by Crippen LogP contribution is -2.51. The molecule has 0 aliphatic carbocycles. The van der Waals surface area contributed by atoms with Gasteiger partial charge in [-0.15, -0.1) is 11.8 Å². The Hall–Kier alpha value is -3.25. The molecule has 1 atom stereocenters. The number of ether oxygens (including phenoxy) is 1. The summed E-state index contributed by atoms with van der Waals surface area (Å²) in [5, 5.41) is 3.03. The van der Waals surface area contributed by atoms with Gasteiger partial charge in [0.15, 0.2) is 0 Å². The van der Waals surface area contributed by atoms with E-state index in [2.05, 4.69) is 37.4 Å². The van der Waals surface area contributed by atoms with Crippen molar-refractivity contribution in [3.05, 3.63) is 101 Å². The van der Waals surface area contributed by atoms with Crippen molar-refractivity contribution in [1.29, 1.82) is 0 Å². The van der Waals surface area contributed by atoms with Crippen molar-refractivity contribution in [2.45, 2.75) is 52.0 Å².